The fourth-order valence-corrected chi connectivity index (χ4v) is 2.52. The van der Waals surface area contributed by atoms with Gasteiger partial charge in [-0.05, 0) is 18.8 Å². The number of rotatable bonds is 5. The number of hydrogen-bond acceptors (Lipinski definition) is 3. The highest BCUT2D eigenvalue weighted by molar-refractivity contribution is 4.91. The molecule has 1 saturated carbocycles. The van der Waals surface area contributed by atoms with Crippen molar-refractivity contribution in [3.8, 4) is 0 Å². The molecule has 0 radical (unpaired) electrons. The van der Waals surface area contributed by atoms with E-state index in [1.807, 2.05) is 0 Å². The molecule has 1 fully saturated rings. The summed E-state index contributed by atoms with van der Waals surface area (Å²) in [6, 6.07) is 0. The van der Waals surface area contributed by atoms with Gasteiger partial charge in [-0.25, -0.2) is 0 Å². The first-order valence-electron chi connectivity index (χ1n) is 6.41. The van der Waals surface area contributed by atoms with Crippen molar-refractivity contribution in [3.05, 3.63) is 0 Å². The molecule has 1 aliphatic rings. The monoisotopic (exact) mass is 213 g/mol. The minimum absolute atomic E-state index is 0.297. The summed E-state index contributed by atoms with van der Waals surface area (Å²) < 4.78 is 0. The SMILES string of the molecule is CC(C)C1(NNCCN)CCCCCC1. The van der Waals surface area contributed by atoms with Gasteiger partial charge >= 0.3 is 0 Å². The van der Waals surface area contributed by atoms with Crippen molar-refractivity contribution >= 4 is 0 Å². The van der Waals surface area contributed by atoms with E-state index in [1.54, 1.807) is 0 Å². The summed E-state index contributed by atoms with van der Waals surface area (Å²) >= 11 is 0. The molecule has 0 unspecified atom stereocenters. The van der Waals surface area contributed by atoms with Gasteiger partial charge in [-0.1, -0.05) is 39.5 Å². The molecule has 0 heterocycles. The summed E-state index contributed by atoms with van der Waals surface area (Å²) in [5.41, 5.74) is 12.6. The highest BCUT2D eigenvalue weighted by atomic mass is 15.4. The Morgan fingerprint density at radius 3 is 2.20 bits per heavy atom. The zero-order valence-electron chi connectivity index (χ0n) is 10.3. The Bertz CT molecular complexity index is 160. The molecule has 0 spiro atoms. The van der Waals surface area contributed by atoms with Crippen molar-refractivity contribution in [2.75, 3.05) is 13.1 Å². The lowest BCUT2D eigenvalue weighted by molar-refractivity contribution is 0.178. The summed E-state index contributed by atoms with van der Waals surface area (Å²) in [6.07, 6.45) is 8.09. The molecule has 3 nitrogen and oxygen atoms in total. The van der Waals surface area contributed by atoms with Gasteiger partial charge in [0.25, 0.3) is 0 Å². The molecule has 15 heavy (non-hydrogen) atoms. The molecule has 0 aliphatic heterocycles. The number of nitrogens with one attached hydrogen (secondary N) is 2. The van der Waals surface area contributed by atoms with E-state index >= 15 is 0 Å². The van der Waals surface area contributed by atoms with Crippen LogP contribution in [0.25, 0.3) is 0 Å². The van der Waals surface area contributed by atoms with Crippen molar-refractivity contribution in [2.45, 2.75) is 57.9 Å². The molecular formula is C12H27N3. The Hall–Kier alpha value is -0.120. The van der Waals surface area contributed by atoms with Crippen molar-refractivity contribution < 1.29 is 0 Å². The van der Waals surface area contributed by atoms with Gasteiger partial charge in [0.2, 0.25) is 0 Å². The van der Waals surface area contributed by atoms with Crippen molar-refractivity contribution in [3.63, 3.8) is 0 Å². The van der Waals surface area contributed by atoms with E-state index < -0.39 is 0 Å². The van der Waals surface area contributed by atoms with Crippen LogP contribution in [0.2, 0.25) is 0 Å². The predicted octanol–water partition coefficient (Wildman–Crippen LogP) is 1.79. The Labute approximate surface area is 94.2 Å². The van der Waals surface area contributed by atoms with E-state index in [0.717, 1.165) is 6.54 Å². The van der Waals surface area contributed by atoms with Gasteiger partial charge in [0, 0.05) is 18.6 Å². The quantitative estimate of drug-likeness (QED) is 0.371. The number of hydrogen-bond donors (Lipinski definition) is 3. The first-order valence-corrected chi connectivity index (χ1v) is 6.41. The molecule has 3 heteroatoms. The van der Waals surface area contributed by atoms with Crippen molar-refractivity contribution in [1.82, 2.24) is 10.9 Å². The summed E-state index contributed by atoms with van der Waals surface area (Å²) in [5.74, 6) is 0.681. The minimum atomic E-state index is 0.297. The predicted molar refractivity (Wildman–Crippen MR) is 65.5 cm³/mol. The molecule has 1 aliphatic carbocycles. The maximum atomic E-state index is 5.49. The molecule has 0 aromatic rings. The largest absolute Gasteiger partial charge is 0.329 e. The van der Waals surface area contributed by atoms with E-state index in [1.165, 1.54) is 38.5 Å². The normalized spacial score (nSPS) is 21.6. The van der Waals surface area contributed by atoms with E-state index in [4.69, 9.17) is 5.73 Å². The molecule has 90 valence electrons. The lowest BCUT2D eigenvalue weighted by Crippen LogP contribution is -2.56. The third-order valence-electron chi connectivity index (χ3n) is 3.71. The Balaban J connectivity index is 2.51. The summed E-state index contributed by atoms with van der Waals surface area (Å²) in [6.45, 7) is 6.19. The van der Waals surface area contributed by atoms with Crippen LogP contribution in [0.15, 0.2) is 0 Å². The fourth-order valence-electron chi connectivity index (χ4n) is 2.52. The van der Waals surface area contributed by atoms with E-state index in [0.29, 0.717) is 18.0 Å². The second kappa shape index (κ2) is 6.46. The smallest absolute Gasteiger partial charge is 0.0346 e. The molecule has 0 aromatic carbocycles. The highest BCUT2D eigenvalue weighted by Crippen LogP contribution is 2.32. The van der Waals surface area contributed by atoms with Gasteiger partial charge in [-0.15, -0.1) is 0 Å². The Kier molecular flexibility index (Phi) is 5.58. The summed E-state index contributed by atoms with van der Waals surface area (Å²) in [7, 11) is 0. The van der Waals surface area contributed by atoms with E-state index in [-0.39, 0.29) is 0 Å². The standard InChI is InChI=1S/C12H27N3/c1-11(2)12(15-14-10-9-13)7-5-3-4-6-8-12/h11,14-15H,3-10,13H2,1-2H3. The van der Waals surface area contributed by atoms with Crippen LogP contribution < -0.4 is 16.6 Å². The van der Waals surface area contributed by atoms with Crippen LogP contribution in [0.4, 0.5) is 0 Å². The maximum Gasteiger partial charge on any atom is 0.0346 e. The third-order valence-corrected chi connectivity index (χ3v) is 3.71. The molecule has 0 atom stereocenters. The second-order valence-electron chi connectivity index (χ2n) is 5.07. The van der Waals surface area contributed by atoms with Gasteiger partial charge in [-0.3, -0.25) is 10.9 Å². The van der Waals surface area contributed by atoms with Crippen LogP contribution in [0.1, 0.15) is 52.4 Å². The molecule has 1 rings (SSSR count). The lowest BCUT2D eigenvalue weighted by Gasteiger charge is -2.38. The van der Waals surface area contributed by atoms with E-state index in [2.05, 4.69) is 24.7 Å². The van der Waals surface area contributed by atoms with Gasteiger partial charge in [-0.2, -0.15) is 0 Å². The summed E-state index contributed by atoms with van der Waals surface area (Å²) in [5, 5.41) is 0. The van der Waals surface area contributed by atoms with E-state index in [9.17, 15) is 0 Å². The first kappa shape index (κ1) is 12.9. The Morgan fingerprint density at radius 1 is 1.13 bits per heavy atom. The molecule has 0 amide bonds. The van der Waals surface area contributed by atoms with Gasteiger partial charge in [0.1, 0.15) is 0 Å². The van der Waals surface area contributed by atoms with Gasteiger partial charge in [0.15, 0.2) is 0 Å². The van der Waals surface area contributed by atoms with Crippen LogP contribution in [0.3, 0.4) is 0 Å². The van der Waals surface area contributed by atoms with Gasteiger partial charge in [0.05, 0.1) is 0 Å². The second-order valence-corrected chi connectivity index (χ2v) is 5.07. The maximum absolute atomic E-state index is 5.49. The molecule has 0 saturated heterocycles. The van der Waals surface area contributed by atoms with Crippen LogP contribution in [0.5, 0.6) is 0 Å². The fraction of sp³-hybridized carbons (Fsp3) is 1.00. The third kappa shape index (κ3) is 3.74. The Morgan fingerprint density at radius 2 is 1.73 bits per heavy atom. The van der Waals surface area contributed by atoms with Crippen LogP contribution in [-0.2, 0) is 0 Å². The average Bonchev–Trinajstić information content (AvgIpc) is 2.45. The van der Waals surface area contributed by atoms with Crippen LogP contribution in [0, 0.1) is 5.92 Å². The highest BCUT2D eigenvalue weighted by Gasteiger charge is 2.33. The molecule has 0 bridgehead atoms. The van der Waals surface area contributed by atoms with Crippen LogP contribution >= 0.6 is 0 Å². The number of nitrogens with two attached hydrogens (primary N) is 1. The summed E-state index contributed by atoms with van der Waals surface area (Å²) in [4.78, 5) is 0. The zero-order chi connectivity index (χ0) is 11.1. The van der Waals surface area contributed by atoms with Crippen molar-refractivity contribution in [1.29, 1.82) is 0 Å². The van der Waals surface area contributed by atoms with Crippen LogP contribution in [-0.4, -0.2) is 18.6 Å². The van der Waals surface area contributed by atoms with Crippen molar-refractivity contribution in [2.24, 2.45) is 11.7 Å². The first-order chi connectivity index (χ1) is 7.21. The topological polar surface area (TPSA) is 50.1 Å². The molecule has 4 N–H and O–H groups in total. The average molecular weight is 213 g/mol. The van der Waals surface area contributed by atoms with Gasteiger partial charge < -0.3 is 5.73 Å². The molecular weight excluding hydrogens is 186 g/mol. The molecule has 0 aromatic heterocycles. The zero-order valence-corrected chi connectivity index (χ0v) is 10.3. The lowest BCUT2D eigenvalue weighted by atomic mass is 9.80. The number of hydrazine groups is 1. The minimum Gasteiger partial charge on any atom is -0.329 e.